The summed E-state index contributed by atoms with van der Waals surface area (Å²) >= 11 is 0. The van der Waals surface area contributed by atoms with Crippen molar-refractivity contribution in [2.75, 3.05) is 5.32 Å². The Bertz CT molecular complexity index is 969. The third-order valence-electron chi connectivity index (χ3n) is 4.74. The van der Waals surface area contributed by atoms with Crippen LogP contribution in [0.2, 0.25) is 0 Å². The molecule has 3 aromatic rings. The summed E-state index contributed by atoms with van der Waals surface area (Å²) in [6, 6.07) is 9.06. The molecule has 0 atom stereocenters. The third-order valence-corrected chi connectivity index (χ3v) is 4.74. The first-order valence-corrected chi connectivity index (χ1v) is 8.56. The van der Waals surface area contributed by atoms with Crippen molar-refractivity contribution in [3.63, 3.8) is 0 Å². The Hall–Kier alpha value is -2.96. The predicted octanol–water partition coefficient (Wildman–Crippen LogP) is 2.88. The minimum Gasteiger partial charge on any atom is -0.305 e. The number of aromatic nitrogens is 4. The van der Waals surface area contributed by atoms with Gasteiger partial charge in [-0.1, -0.05) is 37.5 Å². The van der Waals surface area contributed by atoms with Gasteiger partial charge >= 0.3 is 0 Å². The Morgan fingerprint density at radius 1 is 1.12 bits per heavy atom. The van der Waals surface area contributed by atoms with Crippen LogP contribution in [0.5, 0.6) is 0 Å². The number of rotatable bonds is 3. The highest BCUT2D eigenvalue weighted by atomic mass is 16.2. The summed E-state index contributed by atoms with van der Waals surface area (Å²) in [4.78, 5) is 24.6. The fourth-order valence-corrected chi connectivity index (χ4v) is 3.49. The molecular weight excluding hydrogens is 318 g/mol. The van der Waals surface area contributed by atoms with Crippen molar-refractivity contribution in [2.45, 2.75) is 38.1 Å². The van der Waals surface area contributed by atoms with E-state index in [2.05, 4.69) is 20.6 Å². The van der Waals surface area contributed by atoms with Crippen molar-refractivity contribution >= 4 is 22.5 Å². The maximum Gasteiger partial charge on any atom is 0.277 e. The minimum absolute atomic E-state index is 0.201. The van der Waals surface area contributed by atoms with Gasteiger partial charge in [0.25, 0.3) is 11.5 Å². The summed E-state index contributed by atoms with van der Waals surface area (Å²) < 4.78 is 1.89. The van der Waals surface area contributed by atoms with E-state index in [1.54, 1.807) is 36.5 Å². The molecule has 1 aliphatic carbocycles. The largest absolute Gasteiger partial charge is 0.305 e. The number of benzene rings is 1. The number of nitrogens with zero attached hydrogens (tertiary/aromatic N) is 3. The lowest BCUT2D eigenvalue weighted by atomic mass is 9.96. The topological polar surface area (TPSA) is 92.7 Å². The smallest absolute Gasteiger partial charge is 0.277 e. The molecule has 1 aromatic carbocycles. The Labute approximate surface area is 144 Å². The van der Waals surface area contributed by atoms with Crippen molar-refractivity contribution < 1.29 is 4.79 Å². The van der Waals surface area contributed by atoms with E-state index in [0.29, 0.717) is 22.6 Å². The number of hydrogen-bond donors (Lipinski definition) is 2. The molecule has 0 spiro atoms. The molecule has 1 aliphatic rings. The maximum absolute atomic E-state index is 12.7. The standard InChI is InChI=1S/C18H19N5O2/c24-17-14-9-5-4-8-13(14)16(21-22-17)18(25)20-15-10-11-19-23(15)12-6-2-1-3-7-12/h4-5,8-12H,1-3,6-7H2,(H,20,25)(H,22,24). The second-order valence-electron chi connectivity index (χ2n) is 6.35. The molecule has 1 fully saturated rings. The summed E-state index contributed by atoms with van der Waals surface area (Å²) in [7, 11) is 0. The molecule has 7 heteroatoms. The first-order valence-electron chi connectivity index (χ1n) is 8.56. The lowest BCUT2D eigenvalue weighted by Crippen LogP contribution is -2.22. The van der Waals surface area contributed by atoms with Crippen LogP contribution in [0.4, 0.5) is 5.82 Å². The Kier molecular flexibility index (Phi) is 4.05. The molecule has 2 aromatic heterocycles. The van der Waals surface area contributed by atoms with Crippen LogP contribution in [0.15, 0.2) is 41.3 Å². The number of fused-ring (bicyclic) bond motifs is 1. The van der Waals surface area contributed by atoms with Crippen molar-refractivity contribution in [1.82, 2.24) is 20.0 Å². The molecule has 0 aliphatic heterocycles. The van der Waals surface area contributed by atoms with Crippen LogP contribution in [0, 0.1) is 0 Å². The van der Waals surface area contributed by atoms with Gasteiger partial charge in [0.05, 0.1) is 17.6 Å². The number of amides is 1. The van der Waals surface area contributed by atoms with Gasteiger partial charge in [-0.25, -0.2) is 9.78 Å². The number of hydrogen-bond acceptors (Lipinski definition) is 4. The highest BCUT2D eigenvalue weighted by molar-refractivity contribution is 6.10. The first kappa shape index (κ1) is 15.6. The summed E-state index contributed by atoms with van der Waals surface area (Å²) in [5, 5.41) is 14.6. The summed E-state index contributed by atoms with van der Waals surface area (Å²) in [5.74, 6) is 0.305. The molecule has 2 N–H and O–H groups in total. The maximum atomic E-state index is 12.7. The van der Waals surface area contributed by atoms with Gasteiger partial charge in [0.15, 0.2) is 5.69 Å². The second-order valence-corrected chi connectivity index (χ2v) is 6.35. The Morgan fingerprint density at radius 3 is 2.68 bits per heavy atom. The molecule has 0 radical (unpaired) electrons. The van der Waals surface area contributed by atoms with Crippen LogP contribution in [-0.4, -0.2) is 25.9 Å². The van der Waals surface area contributed by atoms with Crippen molar-refractivity contribution in [3.05, 3.63) is 52.6 Å². The lowest BCUT2D eigenvalue weighted by Gasteiger charge is -2.23. The molecule has 128 valence electrons. The average Bonchev–Trinajstić information content (AvgIpc) is 3.11. The van der Waals surface area contributed by atoms with E-state index in [-0.39, 0.29) is 17.2 Å². The molecule has 1 saturated carbocycles. The zero-order valence-corrected chi connectivity index (χ0v) is 13.7. The highest BCUT2D eigenvalue weighted by Gasteiger charge is 2.21. The first-order chi connectivity index (χ1) is 12.2. The van der Waals surface area contributed by atoms with Crippen molar-refractivity contribution in [1.29, 1.82) is 0 Å². The monoisotopic (exact) mass is 337 g/mol. The predicted molar refractivity (Wildman–Crippen MR) is 94.7 cm³/mol. The van der Waals surface area contributed by atoms with E-state index in [1.807, 2.05) is 4.68 Å². The zero-order chi connectivity index (χ0) is 17.2. The van der Waals surface area contributed by atoms with E-state index in [0.717, 1.165) is 12.8 Å². The van der Waals surface area contributed by atoms with Gasteiger partial charge in [-0.05, 0) is 18.9 Å². The molecule has 4 rings (SSSR count). The van der Waals surface area contributed by atoms with Gasteiger partial charge in [-0.3, -0.25) is 9.59 Å². The fraction of sp³-hybridized carbons (Fsp3) is 0.333. The third kappa shape index (κ3) is 2.93. The van der Waals surface area contributed by atoms with Crippen LogP contribution >= 0.6 is 0 Å². The quantitative estimate of drug-likeness (QED) is 0.768. The molecular formula is C18H19N5O2. The molecule has 0 bridgehead atoms. The summed E-state index contributed by atoms with van der Waals surface area (Å²) in [6.07, 6.45) is 7.47. The number of H-pyrrole nitrogens is 1. The van der Waals surface area contributed by atoms with Crippen LogP contribution in [0.1, 0.15) is 48.6 Å². The fourth-order valence-electron chi connectivity index (χ4n) is 3.49. The van der Waals surface area contributed by atoms with Crippen LogP contribution < -0.4 is 10.9 Å². The van der Waals surface area contributed by atoms with Crippen LogP contribution in [0.3, 0.4) is 0 Å². The lowest BCUT2D eigenvalue weighted by molar-refractivity contribution is 0.102. The summed E-state index contributed by atoms with van der Waals surface area (Å²) in [6.45, 7) is 0. The Balaban J connectivity index is 1.65. The number of aromatic amines is 1. The number of nitrogens with one attached hydrogen (secondary N) is 2. The van der Waals surface area contributed by atoms with Gasteiger partial charge in [0.2, 0.25) is 0 Å². The molecule has 25 heavy (non-hydrogen) atoms. The van der Waals surface area contributed by atoms with Crippen LogP contribution in [-0.2, 0) is 0 Å². The van der Waals surface area contributed by atoms with Gasteiger partial charge < -0.3 is 5.32 Å². The molecule has 0 saturated heterocycles. The highest BCUT2D eigenvalue weighted by Crippen LogP contribution is 2.30. The van der Waals surface area contributed by atoms with Gasteiger partial charge in [-0.2, -0.15) is 10.2 Å². The average molecular weight is 337 g/mol. The van der Waals surface area contributed by atoms with E-state index in [1.165, 1.54) is 19.3 Å². The minimum atomic E-state index is -0.356. The summed E-state index contributed by atoms with van der Waals surface area (Å²) in [5.41, 5.74) is -0.106. The van der Waals surface area contributed by atoms with Gasteiger partial charge in [-0.15, -0.1) is 0 Å². The normalized spacial score (nSPS) is 15.4. The van der Waals surface area contributed by atoms with E-state index >= 15 is 0 Å². The molecule has 7 nitrogen and oxygen atoms in total. The van der Waals surface area contributed by atoms with E-state index in [4.69, 9.17) is 0 Å². The molecule has 2 heterocycles. The Morgan fingerprint density at radius 2 is 1.88 bits per heavy atom. The van der Waals surface area contributed by atoms with Gasteiger partial charge in [0.1, 0.15) is 5.82 Å². The van der Waals surface area contributed by atoms with Crippen LogP contribution in [0.25, 0.3) is 10.8 Å². The number of carbonyl (C=O) groups is 1. The molecule has 0 unspecified atom stereocenters. The molecule has 1 amide bonds. The second kappa shape index (κ2) is 6.51. The van der Waals surface area contributed by atoms with Crippen molar-refractivity contribution in [2.24, 2.45) is 0 Å². The SMILES string of the molecule is O=C(Nc1ccnn1C1CCCCC1)c1n[nH]c(=O)c2ccccc12. The van der Waals surface area contributed by atoms with E-state index < -0.39 is 0 Å². The number of anilines is 1. The van der Waals surface area contributed by atoms with E-state index in [9.17, 15) is 9.59 Å². The zero-order valence-electron chi connectivity index (χ0n) is 13.7. The van der Waals surface area contributed by atoms with Gasteiger partial charge in [0, 0.05) is 11.5 Å². The van der Waals surface area contributed by atoms with Crippen molar-refractivity contribution in [3.8, 4) is 0 Å². The number of carbonyl (C=O) groups excluding carboxylic acids is 1.